The van der Waals surface area contributed by atoms with Gasteiger partial charge in [0.2, 0.25) is 0 Å². The number of para-hydroxylation sites is 1. The molecule has 2 atom stereocenters. The summed E-state index contributed by atoms with van der Waals surface area (Å²) in [5, 5.41) is 9.31. The molecular formula is C23H26FN7O. The molecule has 2 aromatic heterocycles. The molecule has 9 heteroatoms. The highest BCUT2D eigenvalue weighted by atomic mass is 19.1. The molecule has 1 aromatic carbocycles. The van der Waals surface area contributed by atoms with Crippen molar-refractivity contribution < 1.29 is 9.18 Å². The van der Waals surface area contributed by atoms with E-state index in [1.54, 1.807) is 18.3 Å². The maximum atomic E-state index is 14.6. The minimum absolute atomic E-state index is 0.0372. The summed E-state index contributed by atoms with van der Waals surface area (Å²) in [7, 11) is 0. The lowest BCUT2D eigenvalue weighted by Crippen LogP contribution is -2.43. The van der Waals surface area contributed by atoms with Gasteiger partial charge in [-0.2, -0.15) is 0 Å². The van der Waals surface area contributed by atoms with Crippen LogP contribution in [0.15, 0.2) is 54.7 Å². The van der Waals surface area contributed by atoms with Crippen molar-refractivity contribution >= 4 is 34.7 Å². The van der Waals surface area contributed by atoms with Crippen LogP contribution in [0, 0.1) is 5.82 Å². The van der Waals surface area contributed by atoms with Crippen LogP contribution in [-0.4, -0.2) is 28.0 Å². The van der Waals surface area contributed by atoms with E-state index >= 15 is 0 Å². The lowest BCUT2D eigenvalue weighted by molar-refractivity contribution is 0.100. The van der Waals surface area contributed by atoms with Crippen molar-refractivity contribution in [1.82, 2.24) is 9.97 Å². The Hall–Kier alpha value is -3.72. The van der Waals surface area contributed by atoms with Crippen molar-refractivity contribution in [3.05, 3.63) is 66.1 Å². The van der Waals surface area contributed by atoms with Gasteiger partial charge in [-0.05, 0) is 43.2 Å². The number of nitrogens with zero attached hydrogens (tertiary/aromatic N) is 2. The summed E-state index contributed by atoms with van der Waals surface area (Å²) in [6.07, 6.45) is 5.38. The molecule has 7 N–H and O–H groups in total. The summed E-state index contributed by atoms with van der Waals surface area (Å²) in [6, 6.07) is 14.1. The van der Waals surface area contributed by atoms with Crippen LogP contribution in [0.2, 0.25) is 0 Å². The molecule has 3 aromatic rings. The molecule has 2 heterocycles. The number of hydrogen-bond donors (Lipinski definition) is 5. The lowest BCUT2D eigenvalue weighted by atomic mass is 9.91. The molecule has 0 spiro atoms. The monoisotopic (exact) mass is 435 g/mol. The standard InChI is InChI=1S/C23H26FN7O/c24-17-12-16(21(26)32)22(31-23(17)30-19-9-5-4-8-18(19)25)29-15-10-11-20(27-13-15)28-14-6-2-1-3-7-14/h1-3,6-7,10-13,18-19H,4-5,8-9,25H2,(H2,26,32)(H,27,28)(H2,29,30,31)/t18-,19?/m0/s1. The highest BCUT2D eigenvalue weighted by Gasteiger charge is 2.24. The van der Waals surface area contributed by atoms with Crippen LogP contribution in [0.4, 0.5) is 33.2 Å². The molecule has 166 valence electrons. The van der Waals surface area contributed by atoms with E-state index in [0.717, 1.165) is 37.4 Å². The zero-order valence-electron chi connectivity index (χ0n) is 17.5. The molecule has 4 rings (SSSR count). The van der Waals surface area contributed by atoms with Gasteiger partial charge in [-0.25, -0.2) is 14.4 Å². The number of benzene rings is 1. The summed E-state index contributed by atoms with van der Waals surface area (Å²) in [5.74, 6) is -0.595. The van der Waals surface area contributed by atoms with E-state index in [1.807, 2.05) is 30.3 Å². The number of halogens is 1. The van der Waals surface area contributed by atoms with Gasteiger partial charge in [0.1, 0.15) is 11.6 Å². The van der Waals surface area contributed by atoms with Crippen LogP contribution >= 0.6 is 0 Å². The van der Waals surface area contributed by atoms with Crippen LogP contribution in [0.5, 0.6) is 0 Å². The number of anilines is 5. The first-order valence-electron chi connectivity index (χ1n) is 10.6. The first-order valence-corrected chi connectivity index (χ1v) is 10.6. The molecule has 8 nitrogen and oxygen atoms in total. The van der Waals surface area contributed by atoms with E-state index < -0.39 is 11.7 Å². The summed E-state index contributed by atoms with van der Waals surface area (Å²) in [6.45, 7) is 0. The topological polar surface area (TPSA) is 131 Å². The molecule has 0 aliphatic heterocycles. The minimum atomic E-state index is -0.782. The molecule has 0 bridgehead atoms. The van der Waals surface area contributed by atoms with Gasteiger partial charge in [-0.1, -0.05) is 31.0 Å². The number of pyridine rings is 2. The second-order valence-corrected chi connectivity index (χ2v) is 7.83. The Balaban J connectivity index is 1.54. The van der Waals surface area contributed by atoms with E-state index in [-0.39, 0.29) is 29.3 Å². The number of amides is 1. The highest BCUT2D eigenvalue weighted by molar-refractivity contribution is 5.98. The number of nitrogens with one attached hydrogen (secondary N) is 3. The molecule has 0 radical (unpaired) electrons. The quantitative estimate of drug-likeness (QED) is 0.380. The van der Waals surface area contributed by atoms with E-state index in [9.17, 15) is 9.18 Å². The first kappa shape index (κ1) is 21.5. The number of nitrogens with two attached hydrogens (primary N) is 2. The zero-order valence-corrected chi connectivity index (χ0v) is 17.5. The van der Waals surface area contributed by atoms with Crippen LogP contribution in [0.3, 0.4) is 0 Å². The molecule has 1 unspecified atom stereocenters. The van der Waals surface area contributed by atoms with Crippen molar-refractivity contribution in [1.29, 1.82) is 0 Å². The molecule has 1 fully saturated rings. The SMILES string of the molecule is NC(=O)c1cc(F)c(NC2CCCC[C@@H]2N)nc1Nc1ccc(Nc2ccccc2)nc1. The first-order chi connectivity index (χ1) is 15.5. The van der Waals surface area contributed by atoms with Crippen LogP contribution in [0.1, 0.15) is 36.0 Å². The van der Waals surface area contributed by atoms with Gasteiger partial charge in [-0.15, -0.1) is 0 Å². The van der Waals surface area contributed by atoms with Gasteiger partial charge in [-0.3, -0.25) is 4.79 Å². The van der Waals surface area contributed by atoms with Crippen molar-refractivity contribution in [3.8, 4) is 0 Å². The summed E-state index contributed by atoms with van der Waals surface area (Å²) < 4.78 is 14.6. The predicted octanol–water partition coefficient (Wildman–Crippen LogP) is 3.88. The van der Waals surface area contributed by atoms with Crippen LogP contribution in [0.25, 0.3) is 0 Å². The van der Waals surface area contributed by atoms with Gasteiger partial charge in [0, 0.05) is 17.8 Å². The third kappa shape index (κ3) is 5.12. The fourth-order valence-electron chi connectivity index (χ4n) is 3.74. The summed E-state index contributed by atoms with van der Waals surface area (Å²) in [5.41, 5.74) is 13.1. The lowest BCUT2D eigenvalue weighted by Gasteiger charge is -2.30. The maximum Gasteiger partial charge on any atom is 0.252 e. The van der Waals surface area contributed by atoms with Crippen molar-refractivity contribution in [2.75, 3.05) is 16.0 Å². The van der Waals surface area contributed by atoms with Crippen molar-refractivity contribution in [2.45, 2.75) is 37.8 Å². The van der Waals surface area contributed by atoms with Gasteiger partial charge in [0.25, 0.3) is 5.91 Å². The Morgan fingerprint density at radius 1 is 1.00 bits per heavy atom. The third-order valence-corrected chi connectivity index (χ3v) is 5.46. The zero-order chi connectivity index (χ0) is 22.5. The van der Waals surface area contributed by atoms with Gasteiger partial charge < -0.3 is 27.4 Å². The molecule has 1 amide bonds. The number of rotatable bonds is 7. The van der Waals surface area contributed by atoms with Gasteiger partial charge in [0.15, 0.2) is 11.6 Å². The average molecular weight is 436 g/mol. The number of carbonyl (C=O) groups is 1. The van der Waals surface area contributed by atoms with E-state index in [4.69, 9.17) is 11.5 Å². The minimum Gasteiger partial charge on any atom is -0.365 e. The number of carbonyl (C=O) groups excluding carboxylic acids is 1. The molecule has 1 aliphatic carbocycles. The Kier molecular flexibility index (Phi) is 6.46. The van der Waals surface area contributed by atoms with Gasteiger partial charge in [0.05, 0.1) is 17.4 Å². The molecule has 1 aliphatic rings. The maximum absolute atomic E-state index is 14.6. The van der Waals surface area contributed by atoms with E-state index in [1.165, 1.54) is 0 Å². The Morgan fingerprint density at radius 3 is 2.47 bits per heavy atom. The van der Waals surface area contributed by atoms with Gasteiger partial charge >= 0.3 is 0 Å². The molecule has 1 saturated carbocycles. The van der Waals surface area contributed by atoms with Crippen LogP contribution < -0.4 is 27.4 Å². The summed E-state index contributed by atoms with van der Waals surface area (Å²) in [4.78, 5) is 20.6. The second kappa shape index (κ2) is 9.61. The van der Waals surface area contributed by atoms with E-state index in [2.05, 4.69) is 25.9 Å². The average Bonchev–Trinajstić information content (AvgIpc) is 2.79. The molecular weight excluding hydrogens is 409 g/mol. The largest absolute Gasteiger partial charge is 0.365 e. The molecule has 0 saturated heterocycles. The Labute approximate surface area is 185 Å². The normalized spacial score (nSPS) is 18.1. The van der Waals surface area contributed by atoms with E-state index in [0.29, 0.717) is 11.5 Å². The number of aromatic nitrogens is 2. The fraction of sp³-hybridized carbons (Fsp3) is 0.261. The number of hydrogen-bond acceptors (Lipinski definition) is 7. The predicted molar refractivity (Wildman–Crippen MR) is 124 cm³/mol. The Bertz CT molecular complexity index is 1080. The highest BCUT2D eigenvalue weighted by Crippen LogP contribution is 2.27. The smallest absolute Gasteiger partial charge is 0.252 e. The Morgan fingerprint density at radius 2 is 1.78 bits per heavy atom. The number of primary amides is 1. The molecule has 32 heavy (non-hydrogen) atoms. The second-order valence-electron chi connectivity index (χ2n) is 7.83. The van der Waals surface area contributed by atoms with Crippen LogP contribution in [-0.2, 0) is 0 Å². The fourth-order valence-corrected chi connectivity index (χ4v) is 3.74. The third-order valence-electron chi connectivity index (χ3n) is 5.46. The summed E-state index contributed by atoms with van der Waals surface area (Å²) >= 11 is 0. The van der Waals surface area contributed by atoms with Crippen molar-refractivity contribution in [3.63, 3.8) is 0 Å². The van der Waals surface area contributed by atoms with Crippen molar-refractivity contribution in [2.24, 2.45) is 11.5 Å².